The third-order valence-electron chi connectivity index (χ3n) is 22.3. The topological polar surface area (TPSA) is 310 Å². The van der Waals surface area contributed by atoms with Gasteiger partial charge in [0.05, 0.1) is 57.1 Å². The number of carbonyl (C=O) groups excluding carboxylic acids is 1. The van der Waals surface area contributed by atoms with Gasteiger partial charge in [0.15, 0.2) is 30.3 Å². The molecule has 0 fully saturated rings. The number of aromatic nitrogens is 4. The number of carbonyl (C=O) groups is 1. The van der Waals surface area contributed by atoms with Crippen LogP contribution in [0.15, 0.2) is 193 Å². The van der Waals surface area contributed by atoms with Gasteiger partial charge in [-0.15, -0.1) is 20.4 Å². The van der Waals surface area contributed by atoms with Gasteiger partial charge < -0.3 is 44.7 Å². The minimum absolute atomic E-state index is 0.0329. The minimum atomic E-state index is -4.57. The summed E-state index contributed by atoms with van der Waals surface area (Å²) in [6, 6.07) is 40.8. The maximum atomic E-state index is 13.4. The Morgan fingerprint density at radius 1 is 0.475 bits per heavy atom. The van der Waals surface area contributed by atoms with Gasteiger partial charge in [0.25, 0.3) is 0 Å². The Labute approximate surface area is 696 Å². The van der Waals surface area contributed by atoms with E-state index >= 15 is 0 Å². The molecule has 118 heavy (non-hydrogen) atoms. The number of ether oxygens (including phenoxy) is 1. The first-order valence-electron chi connectivity index (χ1n) is 41.3. The van der Waals surface area contributed by atoms with Gasteiger partial charge in [0.1, 0.15) is 0 Å². The molecule has 6 aromatic rings. The van der Waals surface area contributed by atoms with Gasteiger partial charge in [-0.25, -0.2) is 13.7 Å². The van der Waals surface area contributed by atoms with E-state index in [9.17, 15) is 43.4 Å². The maximum Gasteiger partial charge on any atom is 0.472 e. The number of phosphoric ester groups is 3. The van der Waals surface area contributed by atoms with Crippen molar-refractivity contribution < 1.29 is 84.4 Å². The molecule has 4 unspecified atom stereocenters. The third-order valence-corrected chi connectivity index (χ3v) is 25.3. The number of aliphatic hydroxyl groups is 2. The van der Waals surface area contributed by atoms with Crippen LogP contribution < -0.4 is 15.1 Å². The monoisotopic (exact) mass is 1680 g/mol. The average Bonchev–Trinajstić information content (AvgIpc) is 1.62. The number of aliphatic hydroxyl groups excluding tert-OH is 2. The van der Waals surface area contributed by atoms with Crippen LogP contribution in [0.1, 0.15) is 179 Å². The largest absolute Gasteiger partial charge is 0.472 e. The van der Waals surface area contributed by atoms with E-state index < -0.39 is 28.9 Å². The van der Waals surface area contributed by atoms with Crippen molar-refractivity contribution in [2.24, 2.45) is 5.41 Å². The lowest BCUT2D eigenvalue weighted by molar-refractivity contribution is -0.438. The van der Waals surface area contributed by atoms with E-state index in [-0.39, 0.29) is 106 Å². The summed E-state index contributed by atoms with van der Waals surface area (Å²) in [6.07, 6.45) is 26.9. The van der Waals surface area contributed by atoms with Gasteiger partial charge in [-0.05, 0) is 121 Å². The van der Waals surface area contributed by atoms with Crippen molar-refractivity contribution in [3.05, 3.63) is 227 Å². The van der Waals surface area contributed by atoms with E-state index in [1.807, 2.05) is 79.8 Å². The van der Waals surface area contributed by atoms with E-state index in [1.165, 1.54) is 22.3 Å². The van der Waals surface area contributed by atoms with Crippen molar-refractivity contribution >= 4 is 63.5 Å². The average molecular weight is 1680 g/mol. The molecule has 0 bridgehead atoms. The van der Waals surface area contributed by atoms with Crippen molar-refractivity contribution in [2.45, 2.75) is 181 Å². The fourth-order valence-electron chi connectivity index (χ4n) is 15.9. The van der Waals surface area contributed by atoms with E-state index in [1.54, 1.807) is 6.92 Å². The SMILES string of the molecule is Cc1nnc(-c2ccc(CNC(=O)CCCCCOP(=O)(O)OCC(C)(CCCCCOP(=O)(O)OCCC[N+]3=C(/C=C/C=C/C=C4/N(CCCO)c5ccccc5C4(C)C)C(C)(C)c4ccccc43)COCCCOP(=O)(O)OCCC[N+]3=C(/C=C/C=C/C=C4/N(CCCO)c5ccccc5C4(C)C)C(C)(C)c4ccccc43)cc2)nn1. The molecule has 1 aromatic heterocycles. The number of hydrogen-bond acceptors (Lipinski definition) is 19. The zero-order valence-corrected chi connectivity index (χ0v) is 72.9. The zero-order chi connectivity index (χ0) is 84.6. The smallest absolute Gasteiger partial charge is 0.396 e. The van der Waals surface area contributed by atoms with E-state index in [0.717, 1.165) is 56.7 Å². The van der Waals surface area contributed by atoms with Crippen LogP contribution in [-0.2, 0) is 78.6 Å². The van der Waals surface area contributed by atoms with Crippen LogP contribution in [0, 0.1) is 12.3 Å². The number of hydrogen-bond donors (Lipinski definition) is 6. The Morgan fingerprint density at radius 2 is 0.907 bits per heavy atom. The number of rotatable bonds is 49. The van der Waals surface area contributed by atoms with Crippen LogP contribution in [0.3, 0.4) is 0 Å². The lowest BCUT2D eigenvalue weighted by Crippen LogP contribution is -2.29. The molecule has 636 valence electrons. The van der Waals surface area contributed by atoms with Gasteiger partial charge in [-0.3, -0.25) is 31.9 Å². The molecule has 0 spiro atoms. The molecule has 1 amide bonds. The molecular formula is C90H122N9O16P3+2. The first kappa shape index (κ1) is 92.4. The summed E-state index contributed by atoms with van der Waals surface area (Å²) in [6.45, 7) is 23.8. The lowest BCUT2D eigenvalue weighted by Gasteiger charge is -2.30. The highest BCUT2D eigenvalue weighted by molar-refractivity contribution is 7.47. The molecule has 28 heteroatoms. The van der Waals surface area contributed by atoms with E-state index in [4.69, 9.17) is 31.9 Å². The Balaban J connectivity index is 0.680. The Hall–Kier alpha value is -7.90. The molecule has 4 aliphatic rings. The molecule has 10 rings (SSSR count). The number of amides is 1. The van der Waals surface area contributed by atoms with Gasteiger partial charge >= 0.3 is 23.5 Å². The quantitative estimate of drug-likeness (QED) is 0.00894. The van der Waals surface area contributed by atoms with Crippen molar-refractivity contribution in [3.8, 4) is 11.4 Å². The summed E-state index contributed by atoms with van der Waals surface area (Å²) < 4.78 is 83.5. The highest BCUT2D eigenvalue weighted by atomic mass is 31.2. The Morgan fingerprint density at radius 3 is 1.39 bits per heavy atom. The second kappa shape index (κ2) is 42.5. The number of fused-ring (bicyclic) bond motifs is 4. The van der Waals surface area contributed by atoms with Crippen LogP contribution in [0.5, 0.6) is 0 Å². The standard InChI is InChI=1S/C90H120N9O16P3/c1-69-92-94-85(95-93-69)71-51-49-70(50-52-71)66-91-84(102)48-19-13-29-61-111-118(107,108)115-68-90(10,53-28-14-30-62-110-116(103,104)112-63-33-56-98-78-42-26-22-38-74(78)88(6,7)82(98)46-17-11-15-44-80-86(2,3)72-36-20-24-40-76(72)96(80)54-31-58-100)67-109-60-35-65-114-117(105,106)113-64-34-57-99-79-43-27-23-39-75(79)89(8,9)83(99)47-18-12-16-45-81-87(4,5)73-37-21-25-41-77(73)97(81)55-32-59-101/h11-12,15-18,20-27,36-47,49-52,100-101H,13-14,19,28-35,48,53-68H2,1-10H3,(H2-2,91,102,103,104,105,106,107,108)/p+2. The summed E-state index contributed by atoms with van der Waals surface area (Å²) in [5.41, 5.74) is 13.4. The van der Waals surface area contributed by atoms with Crippen LogP contribution in [0.25, 0.3) is 11.4 Å². The van der Waals surface area contributed by atoms with Crippen LogP contribution in [0.2, 0.25) is 0 Å². The molecule has 5 aromatic carbocycles. The maximum absolute atomic E-state index is 13.4. The fourth-order valence-corrected chi connectivity index (χ4v) is 18.4. The molecule has 5 heterocycles. The van der Waals surface area contributed by atoms with Crippen LogP contribution in [-0.4, -0.2) is 164 Å². The predicted molar refractivity (Wildman–Crippen MR) is 463 cm³/mol. The normalized spacial score (nSPS) is 18.6. The van der Waals surface area contributed by atoms with Crippen molar-refractivity contribution in [2.75, 3.05) is 102 Å². The summed E-state index contributed by atoms with van der Waals surface area (Å²) in [5.74, 6) is 0.740. The molecule has 0 radical (unpaired) electrons. The van der Waals surface area contributed by atoms with Crippen molar-refractivity contribution in [3.63, 3.8) is 0 Å². The summed E-state index contributed by atoms with van der Waals surface area (Å²) >= 11 is 0. The zero-order valence-electron chi connectivity index (χ0n) is 70.3. The van der Waals surface area contributed by atoms with Gasteiger partial charge in [0.2, 0.25) is 23.1 Å². The number of unbranched alkanes of at least 4 members (excludes halogenated alkanes) is 4. The number of phosphoric acid groups is 3. The number of aryl methyl sites for hydroxylation is 1. The summed E-state index contributed by atoms with van der Waals surface area (Å²) in [5, 5.41) is 38.4. The van der Waals surface area contributed by atoms with E-state index in [0.29, 0.717) is 115 Å². The molecule has 0 saturated carbocycles. The number of allylic oxidation sites excluding steroid dienone is 12. The third kappa shape index (κ3) is 24.7. The molecule has 0 aliphatic carbocycles. The molecule has 6 N–H and O–H groups in total. The van der Waals surface area contributed by atoms with Crippen LogP contribution in [0.4, 0.5) is 22.7 Å². The van der Waals surface area contributed by atoms with Gasteiger partial charge in [-0.1, -0.05) is 187 Å². The minimum Gasteiger partial charge on any atom is -0.396 e. The first-order valence-corrected chi connectivity index (χ1v) is 45.8. The number of para-hydroxylation sites is 4. The number of benzene rings is 5. The Bertz CT molecular complexity index is 4560. The van der Waals surface area contributed by atoms with Crippen molar-refractivity contribution in [1.82, 2.24) is 25.7 Å². The fraction of sp³-hybridized carbons (Fsp3) is 0.478. The second-order valence-corrected chi connectivity index (χ2v) is 37.2. The lowest BCUT2D eigenvalue weighted by atomic mass is 9.81. The molecule has 4 atom stereocenters. The number of nitrogens with zero attached hydrogens (tertiary/aromatic N) is 8. The summed E-state index contributed by atoms with van der Waals surface area (Å²) in [7, 11) is -13.5. The predicted octanol–water partition coefficient (Wildman–Crippen LogP) is 17.1. The van der Waals surface area contributed by atoms with Gasteiger partial charge in [0, 0.05) is 139 Å². The molecular weight excluding hydrogens is 1560 g/mol. The molecule has 0 saturated heterocycles. The van der Waals surface area contributed by atoms with Gasteiger partial charge in [-0.2, -0.15) is 9.15 Å². The molecule has 4 aliphatic heterocycles. The first-order chi connectivity index (χ1) is 56.4. The molecule has 25 nitrogen and oxygen atoms in total. The second-order valence-electron chi connectivity index (χ2n) is 32.8. The summed E-state index contributed by atoms with van der Waals surface area (Å²) in [4.78, 5) is 49.9. The van der Waals surface area contributed by atoms with Crippen molar-refractivity contribution in [1.29, 1.82) is 0 Å². The highest BCUT2D eigenvalue weighted by Gasteiger charge is 2.47. The Kier molecular flexibility index (Phi) is 33.3. The van der Waals surface area contributed by atoms with E-state index in [2.05, 4.69) is 209 Å². The number of anilines is 2. The number of nitrogens with one attached hydrogen (secondary N) is 1. The van der Waals surface area contributed by atoms with Crippen LogP contribution >= 0.6 is 23.5 Å². The highest BCUT2D eigenvalue weighted by Crippen LogP contribution is 2.51.